The Labute approximate surface area is 233 Å². The van der Waals surface area contributed by atoms with E-state index in [0.29, 0.717) is 0 Å². The Kier molecular flexibility index (Phi) is 9.58. The monoisotopic (exact) mass is 530 g/mol. The highest BCUT2D eigenvalue weighted by molar-refractivity contribution is 7.63. The van der Waals surface area contributed by atoms with Gasteiger partial charge in [-0.25, -0.2) is 0 Å². The van der Waals surface area contributed by atoms with Crippen LogP contribution in [0, 0.1) is 0 Å². The predicted molar refractivity (Wildman–Crippen MR) is 169 cm³/mol. The zero-order chi connectivity index (χ0) is 28.2. The summed E-state index contributed by atoms with van der Waals surface area (Å²) < 4.78 is 14.4. The van der Waals surface area contributed by atoms with Gasteiger partial charge in [0.05, 0.1) is 7.14 Å². The Morgan fingerprint density at radius 3 is 0.816 bits per heavy atom. The molecule has 0 N–H and O–H groups in total. The molecule has 0 fully saturated rings. The summed E-state index contributed by atoms with van der Waals surface area (Å²) in [5.74, 6) is 0. The zero-order valence-electron chi connectivity index (χ0n) is 25.5. The minimum Gasteiger partial charge on any atom is -0.324 e. The van der Waals surface area contributed by atoms with Crippen molar-refractivity contribution < 1.29 is 4.57 Å². The van der Waals surface area contributed by atoms with Crippen LogP contribution in [0.3, 0.4) is 0 Å². The first-order valence-electron chi connectivity index (χ1n) is 14.4. The van der Waals surface area contributed by atoms with Gasteiger partial charge in [-0.15, -0.1) is 0 Å². The molecule has 0 aliphatic carbocycles. The van der Waals surface area contributed by atoms with Gasteiger partial charge >= 0.3 is 0 Å². The van der Waals surface area contributed by atoms with Gasteiger partial charge in [-0.3, -0.25) is 0 Å². The molecule has 38 heavy (non-hydrogen) atoms. The van der Waals surface area contributed by atoms with Crippen LogP contribution in [0.2, 0.25) is 0 Å². The molecular formula is C36H51OP. The molecule has 2 heteroatoms. The highest BCUT2D eigenvalue weighted by Crippen LogP contribution is 2.47. The van der Waals surface area contributed by atoms with E-state index >= 15 is 0 Å². The van der Waals surface area contributed by atoms with Crippen molar-refractivity contribution in [3.05, 3.63) is 106 Å². The summed E-state index contributed by atoms with van der Waals surface area (Å²) in [5.41, 5.74) is 8.38. The number of rotatable bonds is 9. The summed E-state index contributed by atoms with van der Waals surface area (Å²) in [7, 11) is -2.35. The van der Waals surface area contributed by atoms with Crippen molar-refractivity contribution in [2.75, 3.05) is 18.5 Å². The van der Waals surface area contributed by atoms with Crippen LogP contribution in [0.1, 0.15) is 95.7 Å². The van der Waals surface area contributed by atoms with E-state index in [0.717, 1.165) is 37.7 Å². The van der Waals surface area contributed by atoms with Crippen LogP contribution < -0.4 is 0 Å². The summed E-state index contributed by atoms with van der Waals surface area (Å²) >= 11 is 0. The summed E-state index contributed by atoms with van der Waals surface area (Å²) in [6.07, 6.45) is 4.99. The number of hydrogen-bond acceptors (Lipinski definition) is 1. The minimum atomic E-state index is -2.35. The van der Waals surface area contributed by atoms with Gasteiger partial charge in [0.1, 0.15) is 0 Å². The third-order valence-corrected chi connectivity index (χ3v) is 11.0. The summed E-state index contributed by atoms with van der Waals surface area (Å²) in [6, 6.07) is 26.9. The van der Waals surface area contributed by atoms with Crippen molar-refractivity contribution in [3.8, 4) is 0 Å². The predicted octanol–water partition coefficient (Wildman–Crippen LogP) is 9.97. The summed E-state index contributed by atoms with van der Waals surface area (Å²) in [6.45, 7) is 20.2. The van der Waals surface area contributed by atoms with Gasteiger partial charge < -0.3 is 4.57 Å². The topological polar surface area (TPSA) is 17.1 Å². The minimum absolute atomic E-state index is 0.152. The second-order valence-corrected chi connectivity index (χ2v) is 17.8. The molecule has 0 unspecified atom stereocenters. The van der Waals surface area contributed by atoms with E-state index in [2.05, 4.69) is 135 Å². The Hall–Kier alpha value is -2.11. The van der Waals surface area contributed by atoms with Crippen LogP contribution in [-0.4, -0.2) is 18.5 Å². The van der Waals surface area contributed by atoms with E-state index in [1.54, 1.807) is 0 Å². The molecule has 0 amide bonds. The highest BCUT2D eigenvalue weighted by Gasteiger charge is 2.23. The third kappa shape index (κ3) is 8.98. The molecule has 3 rings (SSSR count). The molecule has 0 radical (unpaired) electrons. The fraction of sp³-hybridized carbons (Fsp3) is 0.500. The van der Waals surface area contributed by atoms with E-state index in [-0.39, 0.29) is 16.2 Å². The Bertz CT molecular complexity index is 1040. The van der Waals surface area contributed by atoms with Gasteiger partial charge in [-0.1, -0.05) is 135 Å². The number of hydrogen-bond donors (Lipinski definition) is 0. The van der Waals surface area contributed by atoms with Gasteiger partial charge in [0.25, 0.3) is 0 Å². The number of benzene rings is 3. The SMILES string of the molecule is CC(C)(C)c1ccc(CCP(=O)(CCc2ccc(C(C)(C)C)cc2)CCc2ccc(C(C)(C)C)cc2)cc1. The van der Waals surface area contributed by atoms with Crippen LogP contribution in [0.5, 0.6) is 0 Å². The molecule has 0 aromatic heterocycles. The maximum atomic E-state index is 14.4. The average Bonchev–Trinajstić information content (AvgIpc) is 2.84. The standard InChI is InChI=1S/C36H51OP/c1-34(2,3)31-16-10-28(11-17-31)22-25-38(37,26-23-29-12-18-32(19-13-29)35(4,5)6)27-24-30-14-20-33(21-15-30)36(7,8)9/h10-21H,22-27H2,1-9H3. The van der Waals surface area contributed by atoms with Crippen molar-refractivity contribution >= 4 is 7.14 Å². The van der Waals surface area contributed by atoms with Crippen LogP contribution in [-0.2, 0) is 40.1 Å². The van der Waals surface area contributed by atoms with Crippen molar-refractivity contribution in [1.82, 2.24) is 0 Å². The van der Waals surface area contributed by atoms with Crippen LogP contribution in [0.4, 0.5) is 0 Å². The smallest absolute Gasteiger partial charge is 0.0887 e. The Morgan fingerprint density at radius 1 is 0.421 bits per heavy atom. The lowest BCUT2D eigenvalue weighted by Gasteiger charge is -2.22. The molecule has 0 saturated carbocycles. The maximum absolute atomic E-state index is 14.4. The molecule has 0 atom stereocenters. The van der Waals surface area contributed by atoms with Crippen LogP contribution in [0.25, 0.3) is 0 Å². The molecule has 0 aliphatic heterocycles. The fourth-order valence-electron chi connectivity index (χ4n) is 4.85. The first-order valence-corrected chi connectivity index (χ1v) is 16.7. The lowest BCUT2D eigenvalue weighted by molar-refractivity contribution is 0.572. The molecule has 0 aliphatic rings. The zero-order valence-corrected chi connectivity index (χ0v) is 26.4. The largest absolute Gasteiger partial charge is 0.324 e. The van der Waals surface area contributed by atoms with E-state index in [1.807, 2.05) is 0 Å². The first kappa shape index (κ1) is 30.4. The third-order valence-electron chi connectivity index (χ3n) is 7.88. The van der Waals surface area contributed by atoms with Gasteiger partial charge in [0.2, 0.25) is 0 Å². The first-order chi connectivity index (χ1) is 17.6. The van der Waals surface area contributed by atoms with Gasteiger partial charge in [0, 0.05) is 18.5 Å². The molecule has 0 spiro atoms. The van der Waals surface area contributed by atoms with Crippen molar-refractivity contribution in [1.29, 1.82) is 0 Å². The molecule has 0 heterocycles. The molecule has 206 valence electrons. The second-order valence-electron chi connectivity index (χ2n) is 14.3. The van der Waals surface area contributed by atoms with Crippen LogP contribution >= 0.6 is 7.14 Å². The van der Waals surface area contributed by atoms with E-state index in [9.17, 15) is 4.57 Å². The molecule has 3 aromatic rings. The average molecular weight is 531 g/mol. The molecule has 1 nitrogen and oxygen atoms in total. The van der Waals surface area contributed by atoms with E-state index < -0.39 is 7.14 Å². The van der Waals surface area contributed by atoms with Gasteiger partial charge in [0.15, 0.2) is 0 Å². The van der Waals surface area contributed by atoms with E-state index in [1.165, 1.54) is 33.4 Å². The van der Waals surface area contributed by atoms with Gasteiger partial charge in [-0.05, 0) is 68.9 Å². The molecule has 0 saturated heterocycles. The Morgan fingerprint density at radius 2 is 0.632 bits per heavy atom. The van der Waals surface area contributed by atoms with Crippen molar-refractivity contribution in [2.45, 2.75) is 97.8 Å². The van der Waals surface area contributed by atoms with E-state index in [4.69, 9.17) is 0 Å². The Balaban J connectivity index is 1.72. The molecule has 3 aromatic carbocycles. The van der Waals surface area contributed by atoms with Crippen LogP contribution in [0.15, 0.2) is 72.8 Å². The van der Waals surface area contributed by atoms with Gasteiger partial charge in [-0.2, -0.15) is 0 Å². The quantitative estimate of drug-likeness (QED) is 0.252. The number of aryl methyl sites for hydroxylation is 3. The second kappa shape index (κ2) is 12.0. The molecule has 0 bridgehead atoms. The molecular weight excluding hydrogens is 479 g/mol. The summed E-state index contributed by atoms with van der Waals surface area (Å²) in [5, 5.41) is 0. The fourth-order valence-corrected chi connectivity index (χ4v) is 7.52. The normalized spacial score (nSPS) is 13.1. The summed E-state index contributed by atoms with van der Waals surface area (Å²) in [4.78, 5) is 0. The van der Waals surface area contributed by atoms with Crippen molar-refractivity contribution in [3.63, 3.8) is 0 Å². The highest BCUT2D eigenvalue weighted by atomic mass is 31.2. The van der Waals surface area contributed by atoms with Crippen molar-refractivity contribution in [2.24, 2.45) is 0 Å². The lowest BCUT2D eigenvalue weighted by Crippen LogP contribution is -2.12. The lowest BCUT2D eigenvalue weighted by atomic mass is 9.86. The maximum Gasteiger partial charge on any atom is 0.0887 e.